The average molecular weight is 253 g/mol. The number of piperidine rings is 1. The summed E-state index contributed by atoms with van der Waals surface area (Å²) in [6, 6.07) is 2.32. The summed E-state index contributed by atoms with van der Waals surface area (Å²) >= 11 is 0. The van der Waals surface area contributed by atoms with Crippen LogP contribution in [-0.2, 0) is 0 Å². The van der Waals surface area contributed by atoms with Crippen molar-refractivity contribution in [3.63, 3.8) is 0 Å². The van der Waals surface area contributed by atoms with Gasteiger partial charge < -0.3 is 10.2 Å². The van der Waals surface area contributed by atoms with Gasteiger partial charge in [0, 0.05) is 24.7 Å². The van der Waals surface area contributed by atoms with Gasteiger partial charge >= 0.3 is 0 Å². The third-order valence-electron chi connectivity index (χ3n) is 4.91. The predicted molar refractivity (Wildman–Crippen MR) is 78.0 cm³/mol. The van der Waals surface area contributed by atoms with Crippen LogP contribution in [0.3, 0.4) is 0 Å². The zero-order chi connectivity index (χ0) is 13.0. The second kappa shape index (κ2) is 6.88. The first-order valence-electron chi connectivity index (χ1n) is 7.80. The zero-order valence-electron chi connectivity index (χ0n) is 12.5. The Balaban J connectivity index is 1.65. The number of rotatable bonds is 5. The highest BCUT2D eigenvalue weighted by atomic mass is 15.2. The van der Waals surface area contributed by atoms with Gasteiger partial charge in [0.05, 0.1) is 0 Å². The summed E-state index contributed by atoms with van der Waals surface area (Å²) in [6.45, 7) is 6.11. The molecule has 1 atom stereocenters. The van der Waals surface area contributed by atoms with E-state index in [9.17, 15) is 0 Å². The van der Waals surface area contributed by atoms with Crippen LogP contribution in [0.1, 0.15) is 45.4 Å². The number of likely N-dealkylation sites (tertiary alicyclic amines) is 1. The molecule has 2 aliphatic rings. The molecule has 3 nitrogen and oxygen atoms in total. The van der Waals surface area contributed by atoms with Crippen molar-refractivity contribution < 1.29 is 0 Å². The number of hydrogen-bond acceptors (Lipinski definition) is 3. The van der Waals surface area contributed by atoms with Crippen LogP contribution in [0.15, 0.2) is 0 Å². The van der Waals surface area contributed by atoms with E-state index in [1.807, 2.05) is 0 Å². The maximum atomic E-state index is 3.76. The maximum absolute atomic E-state index is 3.76. The largest absolute Gasteiger partial charge is 0.312 e. The maximum Gasteiger partial charge on any atom is 0.0192 e. The van der Waals surface area contributed by atoms with Gasteiger partial charge in [0.15, 0.2) is 0 Å². The minimum absolute atomic E-state index is 0.703. The molecule has 3 heteroatoms. The zero-order valence-corrected chi connectivity index (χ0v) is 12.5. The van der Waals surface area contributed by atoms with Gasteiger partial charge in [-0.25, -0.2) is 0 Å². The van der Waals surface area contributed by atoms with E-state index in [2.05, 4.69) is 36.1 Å². The monoisotopic (exact) mass is 253 g/mol. The van der Waals surface area contributed by atoms with Crippen LogP contribution in [0.2, 0.25) is 0 Å². The standard InChI is InChI=1S/C15H31N3/c1-13(12-16-14-6-4-5-7-14)18-10-8-15(9-11-18)17(2)3/h13-16H,4-12H2,1-3H3. The molecule has 0 aromatic rings. The van der Waals surface area contributed by atoms with Crippen molar-refractivity contribution in [2.45, 2.75) is 63.6 Å². The number of nitrogens with zero attached hydrogens (tertiary/aromatic N) is 2. The summed E-state index contributed by atoms with van der Waals surface area (Å²) in [7, 11) is 4.43. The second-order valence-electron chi connectivity index (χ2n) is 6.47. The summed E-state index contributed by atoms with van der Waals surface area (Å²) in [5.74, 6) is 0. The summed E-state index contributed by atoms with van der Waals surface area (Å²) in [5, 5.41) is 3.76. The third-order valence-corrected chi connectivity index (χ3v) is 4.91. The van der Waals surface area contributed by atoms with E-state index in [1.54, 1.807) is 0 Å². The molecule has 1 unspecified atom stereocenters. The fourth-order valence-electron chi connectivity index (χ4n) is 3.44. The van der Waals surface area contributed by atoms with Gasteiger partial charge in [-0.2, -0.15) is 0 Å². The highest BCUT2D eigenvalue weighted by molar-refractivity contribution is 4.82. The Morgan fingerprint density at radius 3 is 2.28 bits per heavy atom. The molecule has 1 heterocycles. The van der Waals surface area contributed by atoms with Gasteiger partial charge in [-0.1, -0.05) is 12.8 Å². The molecular formula is C15H31N3. The fourth-order valence-corrected chi connectivity index (χ4v) is 3.44. The molecule has 106 valence electrons. The lowest BCUT2D eigenvalue weighted by Gasteiger charge is -2.38. The summed E-state index contributed by atoms with van der Waals surface area (Å²) < 4.78 is 0. The smallest absolute Gasteiger partial charge is 0.0192 e. The van der Waals surface area contributed by atoms with E-state index in [1.165, 1.54) is 58.2 Å². The van der Waals surface area contributed by atoms with Crippen molar-refractivity contribution in [2.75, 3.05) is 33.7 Å². The molecule has 0 radical (unpaired) electrons. The molecule has 1 saturated heterocycles. The quantitative estimate of drug-likeness (QED) is 0.808. The Kier molecular flexibility index (Phi) is 5.46. The second-order valence-corrected chi connectivity index (χ2v) is 6.47. The summed E-state index contributed by atoms with van der Waals surface area (Å²) in [5.41, 5.74) is 0. The molecule has 0 bridgehead atoms. The number of nitrogens with one attached hydrogen (secondary N) is 1. The predicted octanol–water partition coefficient (Wildman–Crippen LogP) is 1.93. The van der Waals surface area contributed by atoms with E-state index >= 15 is 0 Å². The third kappa shape index (κ3) is 3.94. The van der Waals surface area contributed by atoms with Crippen LogP contribution >= 0.6 is 0 Å². The van der Waals surface area contributed by atoms with Crippen LogP contribution < -0.4 is 5.32 Å². The first-order valence-corrected chi connectivity index (χ1v) is 7.80. The number of hydrogen-bond donors (Lipinski definition) is 1. The molecule has 18 heavy (non-hydrogen) atoms. The summed E-state index contributed by atoms with van der Waals surface area (Å²) in [6.07, 6.45) is 8.33. The van der Waals surface area contributed by atoms with Crippen LogP contribution in [0.5, 0.6) is 0 Å². The molecule has 0 amide bonds. The van der Waals surface area contributed by atoms with E-state index in [0.717, 1.165) is 12.1 Å². The average Bonchev–Trinajstić information content (AvgIpc) is 2.89. The van der Waals surface area contributed by atoms with E-state index < -0.39 is 0 Å². The molecule has 1 aliphatic heterocycles. The lowest BCUT2D eigenvalue weighted by Crippen LogP contribution is -2.49. The highest BCUT2D eigenvalue weighted by Crippen LogP contribution is 2.19. The van der Waals surface area contributed by atoms with Crippen LogP contribution in [-0.4, -0.2) is 61.7 Å². The van der Waals surface area contributed by atoms with Crippen molar-refractivity contribution in [1.82, 2.24) is 15.1 Å². The van der Waals surface area contributed by atoms with Crippen molar-refractivity contribution in [3.8, 4) is 0 Å². The first-order chi connectivity index (χ1) is 8.66. The first kappa shape index (κ1) is 14.3. The van der Waals surface area contributed by atoms with Gasteiger partial charge in [-0.05, 0) is 59.8 Å². The van der Waals surface area contributed by atoms with Gasteiger partial charge in [0.2, 0.25) is 0 Å². The van der Waals surface area contributed by atoms with Crippen LogP contribution in [0.25, 0.3) is 0 Å². The van der Waals surface area contributed by atoms with Crippen molar-refractivity contribution in [3.05, 3.63) is 0 Å². The molecule has 0 spiro atoms. The normalized spacial score (nSPS) is 26.0. The van der Waals surface area contributed by atoms with Crippen LogP contribution in [0.4, 0.5) is 0 Å². The molecule has 2 fully saturated rings. The lowest BCUT2D eigenvalue weighted by atomic mass is 10.0. The molecule has 2 rings (SSSR count). The topological polar surface area (TPSA) is 18.5 Å². The Morgan fingerprint density at radius 2 is 1.72 bits per heavy atom. The van der Waals surface area contributed by atoms with Crippen molar-refractivity contribution >= 4 is 0 Å². The van der Waals surface area contributed by atoms with Gasteiger partial charge in [-0.15, -0.1) is 0 Å². The van der Waals surface area contributed by atoms with E-state index in [-0.39, 0.29) is 0 Å². The van der Waals surface area contributed by atoms with Gasteiger partial charge in [0.25, 0.3) is 0 Å². The molecule has 1 N–H and O–H groups in total. The summed E-state index contributed by atoms with van der Waals surface area (Å²) in [4.78, 5) is 5.06. The molecule has 1 aliphatic carbocycles. The molecule has 0 aromatic heterocycles. The lowest BCUT2D eigenvalue weighted by molar-refractivity contribution is 0.112. The Morgan fingerprint density at radius 1 is 1.11 bits per heavy atom. The molecular weight excluding hydrogens is 222 g/mol. The SMILES string of the molecule is CC(CNC1CCCC1)N1CCC(N(C)C)CC1. The minimum Gasteiger partial charge on any atom is -0.312 e. The Hall–Kier alpha value is -0.120. The fraction of sp³-hybridized carbons (Fsp3) is 1.00. The van der Waals surface area contributed by atoms with Crippen molar-refractivity contribution in [1.29, 1.82) is 0 Å². The Labute approximate surface area is 113 Å². The minimum atomic E-state index is 0.703. The van der Waals surface area contributed by atoms with Gasteiger partial charge in [-0.3, -0.25) is 4.90 Å². The van der Waals surface area contributed by atoms with E-state index in [4.69, 9.17) is 0 Å². The van der Waals surface area contributed by atoms with E-state index in [0.29, 0.717) is 6.04 Å². The Bertz CT molecular complexity index is 228. The molecule has 1 saturated carbocycles. The van der Waals surface area contributed by atoms with Gasteiger partial charge in [0.1, 0.15) is 0 Å². The molecule has 0 aromatic carbocycles. The highest BCUT2D eigenvalue weighted by Gasteiger charge is 2.24. The van der Waals surface area contributed by atoms with Crippen molar-refractivity contribution in [2.24, 2.45) is 0 Å². The van der Waals surface area contributed by atoms with Crippen LogP contribution in [0, 0.1) is 0 Å².